The molecule has 1 fully saturated rings. The molecule has 2 aromatic rings. The number of fused-ring (bicyclic) bond motifs is 1. The molecule has 2 aliphatic rings. The van der Waals surface area contributed by atoms with E-state index >= 15 is 0 Å². The maximum Gasteiger partial charge on any atom is 0.306 e. The average molecular weight is 534 g/mol. The molecule has 7 nitrogen and oxygen atoms in total. The number of aromatic nitrogens is 1. The quantitative estimate of drug-likeness (QED) is 0.364. The Morgan fingerprint density at radius 2 is 1.82 bits per heavy atom. The van der Waals surface area contributed by atoms with Crippen LogP contribution in [0.5, 0.6) is 0 Å². The number of hydrogen-bond donors (Lipinski definition) is 2. The van der Waals surface area contributed by atoms with Crippen LogP contribution in [-0.4, -0.2) is 66.4 Å². The van der Waals surface area contributed by atoms with Crippen molar-refractivity contribution < 1.29 is 19.7 Å². The van der Waals surface area contributed by atoms with E-state index in [-0.39, 0.29) is 5.92 Å². The van der Waals surface area contributed by atoms with Gasteiger partial charge in [-0.05, 0) is 86.5 Å². The van der Waals surface area contributed by atoms with Gasteiger partial charge in [-0.2, -0.15) is 0 Å². The molecule has 210 valence electrons. The predicted octanol–water partition coefficient (Wildman–Crippen LogP) is 5.02. The van der Waals surface area contributed by atoms with Crippen molar-refractivity contribution in [3.05, 3.63) is 88.8 Å². The highest BCUT2D eigenvalue weighted by Gasteiger charge is 2.25. The van der Waals surface area contributed by atoms with E-state index in [1.807, 2.05) is 25.1 Å². The van der Waals surface area contributed by atoms with Crippen molar-refractivity contribution in [1.29, 1.82) is 0 Å². The minimum absolute atomic E-state index is 0.274. The van der Waals surface area contributed by atoms with Crippen molar-refractivity contribution in [1.82, 2.24) is 9.88 Å². The van der Waals surface area contributed by atoms with Gasteiger partial charge in [0.2, 0.25) is 0 Å². The number of carboxylic acids is 1. The Balaban J connectivity index is 0.00000205. The second-order valence-electron chi connectivity index (χ2n) is 10.3. The van der Waals surface area contributed by atoms with Crippen molar-refractivity contribution >= 4 is 17.4 Å². The highest BCUT2D eigenvalue weighted by molar-refractivity contribution is 5.76. The number of carboxylic acid groups (broad SMARTS) is 1. The van der Waals surface area contributed by atoms with Crippen molar-refractivity contribution in [2.75, 3.05) is 45.2 Å². The Hall–Kier alpha value is -3.42. The van der Waals surface area contributed by atoms with Gasteiger partial charge in [0.1, 0.15) is 18.2 Å². The molecule has 39 heavy (non-hydrogen) atoms. The van der Waals surface area contributed by atoms with Gasteiger partial charge < -0.3 is 24.7 Å². The molecule has 1 aromatic carbocycles. The summed E-state index contributed by atoms with van der Waals surface area (Å²) < 4.78 is 6.43. The molecule has 7 heteroatoms. The molecule has 0 spiro atoms. The van der Waals surface area contributed by atoms with Crippen LogP contribution >= 0.6 is 0 Å². The summed E-state index contributed by atoms with van der Waals surface area (Å²) in [5, 5.41) is 16.3. The van der Waals surface area contributed by atoms with Crippen molar-refractivity contribution in [3.8, 4) is 0 Å². The number of aliphatic hydroxyl groups excluding tert-OH is 1. The minimum atomic E-state index is -0.710. The Morgan fingerprint density at radius 3 is 2.46 bits per heavy atom. The third-order valence-electron chi connectivity index (χ3n) is 7.70. The number of ether oxygens (including phenoxy) is 1. The van der Waals surface area contributed by atoms with E-state index in [1.165, 1.54) is 22.3 Å². The standard InChI is InChI=1S/C31H39N3O3.CH4O/c1-6-26(28-8-7-9-29(32-28)34-18-13-24(14-19-34)31(35)36)30(21(2)3)37-20-25-11-10-23-12-16-33(5)17-15-27(23)22(25)4;1-2/h6-11,24H,1-2,12-20H2,3-5H3,(H,35,36);2H,1H3/b30-26-;. The fourth-order valence-electron chi connectivity index (χ4n) is 5.33. The Labute approximate surface area is 233 Å². The number of hydrogen-bond acceptors (Lipinski definition) is 6. The molecule has 0 bridgehead atoms. The summed E-state index contributed by atoms with van der Waals surface area (Å²) in [6, 6.07) is 10.4. The van der Waals surface area contributed by atoms with E-state index < -0.39 is 5.97 Å². The van der Waals surface area contributed by atoms with Gasteiger partial charge in [-0.3, -0.25) is 4.79 Å². The maximum atomic E-state index is 11.3. The Morgan fingerprint density at radius 1 is 1.13 bits per heavy atom. The summed E-state index contributed by atoms with van der Waals surface area (Å²) in [6.45, 7) is 16.4. The van der Waals surface area contributed by atoms with Gasteiger partial charge in [-0.25, -0.2) is 4.98 Å². The second-order valence-corrected chi connectivity index (χ2v) is 10.3. The largest absolute Gasteiger partial charge is 0.488 e. The molecule has 3 heterocycles. The number of carbonyl (C=O) groups is 1. The van der Waals surface area contributed by atoms with E-state index in [0.717, 1.165) is 55.7 Å². The number of allylic oxidation sites excluding steroid dienone is 3. The zero-order valence-corrected chi connectivity index (χ0v) is 23.9. The number of rotatable bonds is 8. The number of nitrogens with zero attached hydrogens (tertiary/aromatic N) is 3. The van der Waals surface area contributed by atoms with Crippen LogP contribution in [0.15, 0.2) is 60.9 Å². The fraction of sp³-hybridized carbons (Fsp3) is 0.438. The third kappa shape index (κ3) is 7.37. The number of pyridine rings is 1. The first-order chi connectivity index (χ1) is 18.8. The summed E-state index contributed by atoms with van der Waals surface area (Å²) in [6.07, 6.45) is 5.19. The maximum absolute atomic E-state index is 11.3. The van der Waals surface area contributed by atoms with Crippen molar-refractivity contribution in [2.45, 2.75) is 46.1 Å². The molecular weight excluding hydrogens is 490 g/mol. The molecule has 4 rings (SSSR count). The lowest BCUT2D eigenvalue weighted by Gasteiger charge is -2.31. The van der Waals surface area contributed by atoms with Crippen LogP contribution in [0, 0.1) is 12.8 Å². The average Bonchev–Trinajstić information content (AvgIpc) is 3.14. The van der Waals surface area contributed by atoms with Crippen LogP contribution in [0.25, 0.3) is 5.57 Å². The first-order valence-corrected chi connectivity index (χ1v) is 13.6. The van der Waals surface area contributed by atoms with E-state index in [9.17, 15) is 9.90 Å². The first-order valence-electron chi connectivity index (χ1n) is 13.6. The van der Waals surface area contributed by atoms with Gasteiger partial charge in [0, 0.05) is 38.9 Å². The van der Waals surface area contributed by atoms with Gasteiger partial charge in [0.15, 0.2) is 0 Å². The van der Waals surface area contributed by atoms with E-state index in [2.05, 4.69) is 49.1 Å². The first kappa shape index (κ1) is 30.1. The SMILES string of the molecule is C=C/C(=C(/OCc1ccc2c(c1C)CCN(C)CC2)C(=C)C)c1cccc(N2CCC(C(=O)O)CC2)n1.CO. The molecule has 0 radical (unpaired) electrons. The number of benzene rings is 1. The van der Waals surface area contributed by atoms with Gasteiger partial charge in [-0.15, -0.1) is 0 Å². The van der Waals surface area contributed by atoms with Gasteiger partial charge in [0.25, 0.3) is 0 Å². The predicted molar refractivity (Wildman–Crippen MR) is 158 cm³/mol. The van der Waals surface area contributed by atoms with Crippen LogP contribution in [-0.2, 0) is 29.0 Å². The van der Waals surface area contributed by atoms with Crippen molar-refractivity contribution in [2.24, 2.45) is 5.92 Å². The van der Waals surface area contributed by atoms with Crippen LogP contribution in [0.4, 0.5) is 5.82 Å². The molecule has 1 saturated heterocycles. The molecule has 0 amide bonds. The molecule has 0 unspecified atom stereocenters. The Kier molecular flexibility index (Phi) is 10.9. The lowest BCUT2D eigenvalue weighted by atomic mass is 9.94. The number of aliphatic hydroxyl groups is 1. The molecule has 0 atom stereocenters. The van der Waals surface area contributed by atoms with E-state index in [1.54, 1.807) is 6.08 Å². The van der Waals surface area contributed by atoms with Crippen LogP contribution in [0.1, 0.15) is 47.7 Å². The lowest BCUT2D eigenvalue weighted by Crippen LogP contribution is -2.36. The summed E-state index contributed by atoms with van der Waals surface area (Å²) in [5.74, 6) is 0.550. The second kappa shape index (κ2) is 14.1. The zero-order chi connectivity index (χ0) is 28.5. The smallest absolute Gasteiger partial charge is 0.306 e. The fourth-order valence-corrected chi connectivity index (χ4v) is 5.33. The zero-order valence-electron chi connectivity index (χ0n) is 23.9. The molecule has 2 N–H and O–H groups in total. The molecule has 0 aliphatic carbocycles. The summed E-state index contributed by atoms with van der Waals surface area (Å²) in [7, 11) is 3.19. The summed E-state index contributed by atoms with van der Waals surface area (Å²) in [4.78, 5) is 20.8. The minimum Gasteiger partial charge on any atom is -0.488 e. The molecule has 2 aliphatic heterocycles. The van der Waals surface area contributed by atoms with Gasteiger partial charge >= 0.3 is 5.97 Å². The van der Waals surface area contributed by atoms with E-state index in [4.69, 9.17) is 14.8 Å². The topological polar surface area (TPSA) is 86.1 Å². The Bertz CT molecular complexity index is 1210. The van der Waals surface area contributed by atoms with Crippen LogP contribution in [0.3, 0.4) is 0 Å². The molecule has 1 aromatic heterocycles. The third-order valence-corrected chi connectivity index (χ3v) is 7.70. The van der Waals surface area contributed by atoms with E-state index in [0.29, 0.717) is 38.3 Å². The summed E-state index contributed by atoms with van der Waals surface area (Å²) in [5.41, 5.74) is 7.81. The normalized spacial score (nSPS) is 16.7. The van der Waals surface area contributed by atoms with Gasteiger partial charge in [0.05, 0.1) is 11.6 Å². The number of piperidine rings is 1. The molecular formula is C32H43N3O4. The number of aliphatic carboxylic acids is 1. The highest BCUT2D eigenvalue weighted by atomic mass is 16.5. The van der Waals surface area contributed by atoms with Crippen LogP contribution in [0.2, 0.25) is 0 Å². The van der Waals surface area contributed by atoms with Gasteiger partial charge in [-0.1, -0.05) is 37.4 Å². The molecule has 0 saturated carbocycles. The van der Waals surface area contributed by atoms with Crippen LogP contribution < -0.4 is 4.90 Å². The number of anilines is 1. The lowest BCUT2D eigenvalue weighted by molar-refractivity contribution is -0.142. The monoisotopic (exact) mass is 533 g/mol. The van der Waals surface area contributed by atoms with Crippen molar-refractivity contribution in [3.63, 3.8) is 0 Å². The highest BCUT2D eigenvalue weighted by Crippen LogP contribution is 2.29. The number of likely N-dealkylation sites (N-methyl/N-ethyl adjacent to an activating group) is 1. The summed E-state index contributed by atoms with van der Waals surface area (Å²) >= 11 is 0.